The minimum atomic E-state index is -1.13. The average molecular weight is 473 g/mol. The predicted molar refractivity (Wildman–Crippen MR) is 121 cm³/mol. The van der Waals surface area contributed by atoms with Crippen molar-refractivity contribution in [3.8, 4) is 10.6 Å². The lowest BCUT2D eigenvalue weighted by Gasteiger charge is -2.15. The summed E-state index contributed by atoms with van der Waals surface area (Å²) < 4.78 is 20.3. The van der Waals surface area contributed by atoms with Crippen molar-refractivity contribution in [3.05, 3.63) is 63.9 Å². The van der Waals surface area contributed by atoms with Crippen LogP contribution in [0.25, 0.3) is 21.6 Å². The number of fused-ring (bicyclic) bond motifs is 1. The third kappa shape index (κ3) is 4.21. The lowest BCUT2D eigenvalue weighted by atomic mass is 10.1. The second kappa shape index (κ2) is 8.68. The van der Waals surface area contributed by atoms with Crippen LogP contribution in [-0.2, 0) is 16.6 Å². The number of anilines is 1. The average Bonchev–Trinajstić information content (AvgIpc) is 3.38. The van der Waals surface area contributed by atoms with Crippen LogP contribution in [0.4, 0.5) is 10.1 Å². The van der Waals surface area contributed by atoms with Crippen LogP contribution in [0.15, 0.2) is 41.8 Å². The number of hydrogen-bond donors (Lipinski definition) is 1. The second-order valence-electron chi connectivity index (χ2n) is 7.10. The molecular formula is C22H18ClFN4O3S. The van der Waals surface area contributed by atoms with Crippen LogP contribution in [-0.4, -0.2) is 32.7 Å². The fourth-order valence-electron chi connectivity index (χ4n) is 3.26. The van der Waals surface area contributed by atoms with Crippen LogP contribution in [0.1, 0.15) is 23.0 Å². The number of pyridine rings is 1. The van der Waals surface area contributed by atoms with Crippen molar-refractivity contribution < 1.29 is 18.7 Å². The number of halogens is 2. The molecule has 1 aromatic carbocycles. The number of amides is 1. The quantitative estimate of drug-likeness (QED) is 0.414. The number of nitrogens with one attached hydrogen (secondary N) is 1. The van der Waals surface area contributed by atoms with E-state index in [9.17, 15) is 14.0 Å². The summed E-state index contributed by atoms with van der Waals surface area (Å²) in [5, 5.41) is 9.43. The summed E-state index contributed by atoms with van der Waals surface area (Å²) >= 11 is 7.45. The third-order valence-electron chi connectivity index (χ3n) is 4.80. The van der Waals surface area contributed by atoms with Gasteiger partial charge in [0.05, 0.1) is 37.9 Å². The highest BCUT2D eigenvalue weighted by Gasteiger charge is 2.25. The first kappa shape index (κ1) is 21.9. The maximum Gasteiger partial charge on any atom is 0.339 e. The van der Waals surface area contributed by atoms with Gasteiger partial charge in [-0.2, -0.15) is 5.10 Å². The van der Waals surface area contributed by atoms with Gasteiger partial charge in [-0.25, -0.2) is 14.2 Å². The van der Waals surface area contributed by atoms with E-state index < -0.39 is 23.8 Å². The SMILES string of the molecule is Cc1nn(C)c2nc(-c3cccs3)cc(C(=O)OC(C)C(=O)Nc3ccc(F)cc3Cl)c12. The summed E-state index contributed by atoms with van der Waals surface area (Å²) in [6.45, 7) is 3.22. The Labute approximate surface area is 191 Å². The van der Waals surface area contributed by atoms with E-state index in [0.29, 0.717) is 22.4 Å². The fourth-order valence-corrected chi connectivity index (χ4v) is 4.16. The molecule has 0 aliphatic carbocycles. The summed E-state index contributed by atoms with van der Waals surface area (Å²) in [6, 6.07) is 9.03. The van der Waals surface area contributed by atoms with Crippen molar-refractivity contribution >= 4 is 51.5 Å². The maximum absolute atomic E-state index is 13.2. The lowest BCUT2D eigenvalue weighted by Crippen LogP contribution is -2.30. The smallest absolute Gasteiger partial charge is 0.339 e. The standard InChI is InChI=1S/C22H18ClFN4O3S/c1-11-19-14(10-17(18-5-4-8-32-18)25-20(19)28(3)27-11)22(30)31-12(2)21(29)26-16-7-6-13(24)9-15(16)23/h4-10,12H,1-3H3,(H,26,29). The Hall–Kier alpha value is -3.30. The van der Waals surface area contributed by atoms with Gasteiger partial charge in [0, 0.05) is 7.05 Å². The summed E-state index contributed by atoms with van der Waals surface area (Å²) in [6.07, 6.45) is -1.13. The number of esters is 1. The Morgan fingerprint density at radius 3 is 2.75 bits per heavy atom. The van der Waals surface area contributed by atoms with Crippen molar-refractivity contribution in [2.45, 2.75) is 20.0 Å². The van der Waals surface area contributed by atoms with Crippen molar-refractivity contribution in [1.29, 1.82) is 0 Å². The van der Waals surface area contributed by atoms with E-state index in [1.54, 1.807) is 24.7 Å². The summed E-state index contributed by atoms with van der Waals surface area (Å²) in [7, 11) is 1.75. The molecule has 32 heavy (non-hydrogen) atoms. The molecule has 1 atom stereocenters. The normalized spacial score (nSPS) is 12.0. The zero-order valence-corrected chi connectivity index (χ0v) is 18.9. The molecular weight excluding hydrogens is 455 g/mol. The number of benzene rings is 1. The van der Waals surface area contributed by atoms with E-state index in [4.69, 9.17) is 16.3 Å². The molecule has 164 valence electrons. The first-order valence-electron chi connectivity index (χ1n) is 9.59. The number of ether oxygens (including phenoxy) is 1. The Bertz CT molecular complexity index is 1340. The number of carbonyl (C=O) groups excluding carboxylic acids is 2. The van der Waals surface area contributed by atoms with Crippen molar-refractivity contribution in [1.82, 2.24) is 14.8 Å². The van der Waals surface area contributed by atoms with Gasteiger partial charge in [-0.1, -0.05) is 17.7 Å². The number of aryl methyl sites for hydroxylation is 2. The minimum Gasteiger partial charge on any atom is -0.449 e. The first-order valence-corrected chi connectivity index (χ1v) is 10.9. The van der Waals surface area contributed by atoms with Gasteiger partial charge in [0.2, 0.25) is 0 Å². The zero-order valence-electron chi connectivity index (χ0n) is 17.3. The molecule has 0 aliphatic rings. The van der Waals surface area contributed by atoms with E-state index >= 15 is 0 Å². The van der Waals surface area contributed by atoms with Crippen molar-refractivity contribution in [2.75, 3.05) is 5.32 Å². The van der Waals surface area contributed by atoms with Crippen LogP contribution in [0, 0.1) is 12.7 Å². The Morgan fingerprint density at radius 1 is 1.28 bits per heavy atom. The van der Waals surface area contributed by atoms with Gasteiger partial charge in [-0.05, 0) is 49.6 Å². The summed E-state index contributed by atoms with van der Waals surface area (Å²) in [5.74, 6) is -1.81. The first-order chi connectivity index (χ1) is 15.2. The molecule has 0 saturated carbocycles. The Morgan fingerprint density at radius 2 is 2.06 bits per heavy atom. The number of thiophene rings is 1. The van der Waals surface area contributed by atoms with Crippen molar-refractivity contribution in [2.24, 2.45) is 7.05 Å². The van der Waals surface area contributed by atoms with Crippen LogP contribution in [0.2, 0.25) is 5.02 Å². The number of rotatable bonds is 5. The number of carbonyl (C=O) groups is 2. The van der Waals surface area contributed by atoms with Gasteiger partial charge in [0.1, 0.15) is 5.82 Å². The van der Waals surface area contributed by atoms with Gasteiger partial charge in [0.15, 0.2) is 11.8 Å². The molecule has 0 saturated heterocycles. The van der Waals surface area contributed by atoms with Gasteiger partial charge in [-0.15, -0.1) is 11.3 Å². The Balaban J connectivity index is 1.62. The van der Waals surface area contributed by atoms with Gasteiger partial charge in [0.25, 0.3) is 5.91 Å². The van der Waals surface area contributed by atoms with Crippen LogP contribution in [0.5, 0.6) is 0 Å². The van der Waals surface area contributed by atoms with E-state index in [1.165, 1.54) is 30.4 Å². The molecule has 4 rings (SSSR count). The highest BCUT2D eigenvalue weighted by Crippen LogP contribution is 2.30. The fraction of sp³-hybridized carbons (Fsp3) is 0.182. The highest BCUT2D eigenvalue weighted by molar-refractivity contribution is 7.13. The van der Waals surface area contributed by atoms with E-state index in [0.717, 1.165) is 10.9 Å². The van der Waals surface area contributed by atoms with Gasteiger partial charge < -0.3 is 10.1 Å². The molecule has 3 aromatic heterocycles. The van der Waals surface area contributed by atoms with Crippen LogP contribution < -0.4 is 5.32 Å². The molecule has 4 aromatic rings. The molecule has 0 bridgehead atoms. The molecule has 1 N–H and O–H groups in total. The summed E-state index contributed by atoms with van der Waals surface area (Å²) in [4.78, 5) is 31.2. The Kier molecular flexibility index (Phi) is 5.94. The molecule has 7 nitrogen and oxygen atoms in total. The van der Waals surface area contributed by atoms with Crippen molar-refractivity contribution in [3.63, 3.8) is 0 Å². The summed E-state index contributed by atoms with van der Waals surface area (Å²) in [5.41, 5.74) is 2.25. The van der Waals surface area contributed by atoms with Crippen LogP contribution >= 0.6 is 22.9 Å². The molecule has 0 fully saturated rings. The molecule has 0 radical (unpaired) electrons. The number of aromatic nitrogens is 3. The monoisotopic (exact) mass is 472 g/mol. The molecule has 1 unspecified atom stereocenters. The molecule has 3 heterocycles. The minimum absolute atomic E-state index is 0.0410. The molecule has 1 amide bonds. The van der Waals surface area contributed by atoms with Crippen LogP contribution in [0.3, 0.4) is 0 Å². The molecule has 0 spiro atoms. The molecule has 10 heteroatoms. The topological polar surface area (TPSA) is 86.1 Å². The largest absolute Gasteiger partial charge is 0.449 e. The third-order valence-corrected chi connectivity index (χ3v) is 6.01. The van der Waals surface area contributed by atoms with Gasteiger partial charge in [-0.3, -0.25) is 9.48 Å². The van der Waals surface area contributed by atoms with E-state index in [1.807, 2.05) is 17.5 Å². The number of nitrogens with zero attached hydrogens (tertiary/aromatic N) is 3. The second-order valence-corrected chi connectivity index (χ2v) is 8.46. The zero-order chi connectivity index (χ0) is 23.0. The molecule has 0 aliphatic heterocycles. The maximum atomic E-state index is 13.2. The van der Waals surface area contributed by atoms with Gasteiger partial charge >= 0.3 is 5.97 Å². The van der Waals surface area contributed by atoms with E-state index in [2.05, 4.69) is 15.4 Å². The number of hydrogen-bond acceptors (Lipinski definition) is 6. The lowest BCUT2D eigenvalue weighted by molar-refractivity contribution is -0.123. The van der Waals surface area contributed by atoms with E-state index in [-0.39, 0.29) is 16.3 Å². The predicted octanol–water partition coefficient (Wildman–Crippen LogP) is 4.98. The highest BCUT2D eigenvalue weighted by atomic mass is 35.5.